The Morgan fingerprint density at radius 1 is 1.17 bits per heavy atom. The summed E-state index contributed by atoms with van der Waals surface area (Å²) >= 11 is 5.94. The molecule has 2 heterocycles. The number of hydrogen-bond acceptors (Lipinski definition) is 3. The molecule has 6 nitrogen and oxygen atoms in total. The predicted molar refractivity (Wildman–Crippen MR) is 103 cm³/mol. The van der Waals surface area contributed by atoms with Crippen molar-refractivity contribution in [2.45, 2.75) is 40.0 Å². The lowest BCUT2D eigenvalue weighted by molar-refractivity contribution is -0.137. The minimum absolute atomic E-state index is 0.0226. The van der Waals surface area contributed by atoms with Gasteiger partial charge in [0.25, 0.3) is 0 Å². The molecule has 0 saturated heterocycles. The topological polar surface area (TPSA) is 64.7 Å². The lowest BCUT2D eigenvalue weighted by atomic mass is 10.1. The number of amides is 1. The van der Waals surface area contributed by atoms with Crippen molar-refractivity contribution in [2.75, 3.05) is 5.32 Å². The predicted octanol–water partition coefficient (Wildman–Crippen LogP) is 4.36. The van der Waals surface area contributed by atoms with E-state index in [1.165, 1.54) is 10.7 Å². The average Bonchev–Trinajstić information content (AvgIpc) is 3.07. The van der Waals surface area contributed by atoms with E-state index in [9.17, 15) is 18.0 Å². The highest BCUT2D eigenvalue weighted by Crippen LogP contribution is 2.30. The van der Waals surface area contributed by atoms with Crippen LogP contribution in [-0.2, 0) is 24.1 Å². The van der Waals surface area contributed by atoms with Gasteiger partial charge in [0, 0.05) is 6.20 Å². The van der Waals surface area contributed by atoms with Crippen molar-refractivity contribution in [3.63, 3.8) is 0 Å². The fourth-order valence-electron chi connectivity index (χ4n) is 2.95. The highest BCUT2D eigenvalue weighted by molar-refractivity contribution is 6.31. The number of hydrogen-bond donors (Lipinski definition) is 1. The van der Waals surface area contributed by atoms with Crippen LogP contribution in [0, 0.1) is 20.8 Å². The van der Waals surface area contributed by atoms with Crippen LogP contribution in [0.4, 0.5) is 18.9 Å². The summed E-state index contributed by atoms with van der Waals surface area (Å²) in [7, 11) is 0. The van der Waals surface area contributed by atoms with Crippen LogP contribution in [-0.4, -0.2) is 25.5 Å². The van der Waals surface area contributed by atoms with E-state index in [1.807, 2.05) is 0 Å². The first-order valence-corrected chi connectivity index (χ1v) is 9.12. The Morgan fingerprint density at radius 2 is 1.90 bits per heavy atom. The number of carbonyl (C=O) groups is 1. The number of nitrogens with one attached hydrogen (secondary N) is 1. The van der Waals surface area contributed by atoms with E-state index < -0.39 is 11.7 Å². The van der Waals surface area contributed by atoms with E-state index in [2.05, 4.69) is 15.5 Å². The summed E-state index contributed by atoms with van der Waals surface area (Å²) in [6, 6.07) is 5.09. The fraction of sp³-hybridized carbons (Fsp3) is 0.316. The van der Waals surface area contributed by atoms with Crippen molar-refractivity contribution >= 4 is 23.2 Å². The van der Waals surface area contributed by atoms with Gasteiger partial charge < -0.3 is 5.32 Å². The summed E-state index contributed by atoms with van der Waals surface area (Å²) in [5, 5.41) is 11.8. The Hall–Kier alpha value is -2.81. The molecule has 0 atom stereocenters. The number of nitrogens with zero attached hydrogens (tertiary/aromatic N) is 4. The number of halogens is 4. The van der Waals surface area contributed by atoms with Crippen molar-refractivity contribution in [3.8, 4) is 0 Å². The van der Waals surface area contributed by atoms with Crippen LogP contribution in [0.5, 0.6) is 0 Å². The van der Waals surface area contributed by atoms with Crippen molar-refractivity contribution in [1.29, 1.82) is 0 Å². The minimum Gasteiger partial charge on any atom is -0.321 e. The molecular formula is C19H19ClF3N5O. The normalized spacial score (nSPS) is 11.7. The van der Waals surface area contributed by atoms with E-state index in [4.69, 9.17) is 11.6 Å². The number of aromatic nitrogens is 4. The first-order chi connectivity index (χ1) is 13.5. The molecule has 0 unspecified atom stereocenters. The minimum atomic E-state index is -4.40. The molecule has 10 heteroatoms. The van der Waals surface area contributed by atoms with Gasteiger partial charge in [-0.25, -0.2) is 0 Å². The lowest BCUT2D eigenvalue weighted by Crippen LogP contribution is -2.20. The summed E-state index contributed by atoms with van der Waals surface area (Å²) in [6.45, 7) is 5.34. The average molecular weight is 426 g/mol. The molecule has 0 saturated carbocycles. The zero-order valence-electron chi connectivity index (χ0n) is 16.0. The van der Waals surface area contributed by atoms with Crippen LogP contribution in [0.3, 0.4) is 0 Å². The van der Waals surface area contributed by atoms with E-state index >= 15 is 0 Å². The number of aryl methyl sites for hydroxylation is 2. The van der Waals surface area contributed by atoms with Crippen molar-refractivity contribution < 1.29 is 18.0 Å². The Kier molecular flexibility index (Phi) is 5.70. The molecular weight excluding hydrogens is 407 g/mol. The smallest absolute Gasteiger partial charge is 0.321 e. The highest BCUT2D eigenvalue weighted by Gasteiger charge is 2.30. The van der Waals surface area contributed by atoms with Gasteiger partial charge in [-0.2, -0.15) is 23.4 Å². The molecule has 0 fully saturated rings. The van der Waals surface area contributed by atoms with Crippen LogP contribution in [0.1, 0.15) is 28.2 Å². The van der Waals surface area contributed by atoms with Crippen molar-refractivity contribution in [1.82, 2.24) is 19.6 Å². The Labute approximate surface area is 170 Å². The summed E-state index contributed by atoms with van der Waals surface area (Å²) in [5.74, 6) is -0.311. The van der Waals surface area contributed by atoms with Gasteiger partial charge in [-0.05, 0) is 38.5 Å². The molecule has 29 heavy (non-hydrogen) atoms. The number of benzene rings is 1. The van der Waals surface area contributed by atoms with Gasteiger partial charge >= 0.3 is 6.18 Å². The van der Waals surface area contributed by atoms with E-state index in [0.717, 1.165) is 12.1 Å². The van der Waals surface area contributed by atoms with Gasteiger partial charge in [-0.1, -0.05) is 23.7 Å². The molecule has 3 aromatic rings. The van der Waals surface area contributed by atoms with E-state index in [-0.39, 0.29) is 19.0 Å². The van der Waals surface area contributed by atoms with Crippen LogP contribution in [0.2, 0.25) is 5.02 Å². The molecule has 154 valence electrons. The SMILES string of the molecule is Cc1nn(CC(=O)Nc2c(C)nn(Cc3cccc(C(F)(F)F)c3)c2C)cc1Cl. The fourth-order valence-corrected chi connectivity index (χ4v) is 3.10. The maximum atomic E-state index is 12.9. The Morgan fingerprint density at radius 3 is 2.52 bits per heavy atom. The second kappa shape index (κ2) is 7.90. The molecule has 0 aliphatic carbocycles. The molecule has 3 rings (SSSR count). The van der Waals surface area contributed by atoms with E-state index in [0.29, 0.717) is 33.4 Å². The van der Waals surface area contributed by atoms with Crippen LogP contribution >= 0.6 is 11.6 Å². The molecule has 0 radical (unpaired) electrons. The number of alkyl halides is 3. The van der Waals surface area contributed by atoms with Gasteiger partial charge in [-0.3, -0.25) is 14.2 Å². The second-order valence-electron chi connectivity index (χ2n) is 6.71. The van der Waals surface area contributed by atoms with Crippen LogP contribution in [0.25, 0.3) is 0 Å². The molecule has 1 aromatic carbocycles. The summed E-state index contributed by atoms with van der Waals surface area (Å²) < 4.78 is 41.8. The van der Waals surface area contributed by atoms with Crippen LogP contribution in [0.15, 0.2) is 30.5 Å². The third-order valence-corrected chi connectivity index (χ3v) is 4.80. The summed E-state index contributed by atoms with van der Waals surface area (Å²) in [6.07, 6.45) is -2.84. The Balaban J connectivity index is 1.75. The largest absolute Gasteiger partial charge is 0.416 e. The third kappa shape index (κ3) is 4.79. The van der Waals surface area contributed by atoms with Gasteiger partial charge in [0.1, 0.15) is 6.54 Å². The van der Waals surface area contributed by atoms with Gasteiger partial charge in [-0.15, -0.1) is 0 Å². The molecule has 2 aromatic heterocycles. The monoisotopic (exact) mass is 425 g/mol. The van der Waals surface area contributed by atoms with Gasteiger partial charge in [0.05, 0.1) is 39.9 Å². The quantitative estimate of drug-likeness (QED) is 0.660. The molecule has 1 N–H and O–H groups in total. The zero-order chi connectivity index (χ0) is 21.3. The number of anilines is 1. The molecule has 0 spiro atoms. The summed E-state index contributed by atoms with van der Waals surface area (Å²) in [5.41, 5.74) is 2.11. The Bertz CT molecular complexity index is 1040. The molecule has 0 bridgehead atoms. The first-order valence-electron chi connectivity index (χ1n) is 8.74. The zero-order valence-corrected chi connectivity index (χ0v) is 16.8. The maximum absolute atomic E-state index is 12.9. The maximum Gasteiger partial charge on any atom is 0.416 e. The van der Waals surface area contributed by atoms with Crippen LogP contribution < -0.4 is 5.32 Å². The highest BCUT2D eigenvalue weighted by atomic mass is 35.5. The van der Waals surface area contributed by atoms with Crippen molar-refractivity contribution in [3.05, 3.63) is 63.7 Å². The summed E-state index contributed by atoms with van der Waals surface area (Å²) in [4.78, 5) is 12.4. The van der Waals surface area contributed by atoms with Crippen molar-refractivity contribution in [2.24, 2.45) is 0 Å². The van der Waals surface area contributed by atoms with E-state index in [1.54, 1.807) is 37.7 Å². The number of carbonyl (C=O) groups excluding carboxylic acids is 1. The molecule has 1 amide bonds. The van der Waals surface area contributed by atoms with Gasteiger partial charge in [0.15, 0.2) is 0 Å². The molecule has 0 aliphatic heterocycles. The third-order valence-electron chi connectivity index (χ3n) is 4.42. The lowest BCUT2D eigenvalue weighted by Gasteiger charge is -2.10. The second-order valence-corrected chi connectivity index (χ2v) is 7.12. The van der Waals surface area contributed by atoms with Gasteiger partial charge in [0.2, 0.25) is 5.91 Å². The number of rotatable bonds is 5. The molecule has 0 aliphatic rings. The first kappa shape index (κ1) is 20.9. The standard InChI is InChI=1S/C19H19ClF3N5O/c1-11-16(20)9-27(25-11)10-17(29)24-18-12(2)26-28(13(18)3)8-14-5-4-6-15(7-14)19(21,22)23/h4-7,9H,8,10H2,1-3H3,(H,24,29).